The second-order valence-corrected chi connectivity index (χ2v) is 3.78. The van der Waals surface area contributed by atoms with Gasteiger partial charge in [-0.3, -0.25) is 0 Å². The highest BCUT2D eigenvalue weighted by molar-refractivity contribution is 7.12. The predicted molar refractivity (Wildman–Crippen MR) is 53.1 cm³/mol. The van der Waals surface area contributed by atoms with Crippen molar-refractivity contribution < 1.29 is 0 Å². The number of thiophene rings is 1. The van der Waals surface area contributed by atoms with Gasteiger partial charge in [0, 0.05) is 10.5 Å². The number of rotatable bonds is 1. The van der Waals surface area contributed by atoms with Gasteiger partial charge in [0.2, 0.25) is 0 Å². The Labute approximate surface area is 80.9 Å². The number of nitrogens with zero attached hydrogens (tertiary/aromatic N) is 1. The molecule has 0 radical (unpaired) electrons. The van der Waals surface area contributed by atoms with Crippen molar-refractivity contribution in [2.45, 2.75) is 13.8 Å². The lowest BCUT2D eigenvalue weighted by Crippen LogP contribution is -1.78. The third-order valence-electron chi connectivity index (χ3n) is 1.56. The molecule has 0 aliphatic carbocycles. The number of hydrogen-bond acceptors (Lipinski definition) is 2. The first-order valence-corrected chi connectivity index (χ1v) is 4.73. The molecule has 0 saturated heterocycles. The summed E-state index contributed by atoms with van der Waals surface area (Å²) in [7, 11) is 0. The molecule has 0 N–H and O–H groups in total. The molecule has 0 fully saturated rings. The van der Waals surface area contributed by atoms with Crippen molar-refractivity contribution in [3.8, 4) is 6.07 Å². The first-order chi connectivity index (χ1) is 5.66. The largest absolute Gasteiger partial charge is 0.193 e. The van der Waals surface area contributed by atoms with E-state index in [9.17, 15) is 0 Å². The van der Waals surface area contributed by atoms with Gasteiger partial charge in [-0.05, 0) is 30.9 Å². The van der Waals surface area contributed by atoms with E-state index >= 15 is 0 Å². The summed E-state index contributed by atoms with van der Waals surface area (Å²) in [5.74, 6) is 0. The van der Waals surface area contributed by atoms with Crippen LogP contribution in [0.1, 0.15) is 17.4 Å². The summed E-state index contributed by atoms with van der Waals surface area (Å²) < 4.78 is 0. The smallest absolute Gasteiger partial charge is 0.0960 e. The molecule has 0 saturated carbocycles. The predicted octanol–water partition coefficient (Wildman–Crippen LogP) is 3.55. The molecule has 62 valence electrons. The van der Waals surface area contributed by atoms with Gasteiger partial charge in [0.1, 0.15) is 0 Å². The Morgan fingerprint density at radius 3 is 2.75 bits per heavy atom. The minimum absolute atomic E-state index is 0.571. The maximum Gasteiger partial charge on any atom is 0.0960 e. The van der Waals surface area contributed by atoms with Crippen LogP contribution in [0.4, 0.5) is 0 Å². The van der Waals surface area contributed by atoms with Gasteiger partial charge >= 0.3 is 0 Å². The maximum absolute atomic E-state index is 8.61. The summed E-state index contributed by atoms with van der Waals surface area (Å²) >= 11 is 7.53. The molecular formula is C9H8ClNS. The van der Waals surface area contributed by atoms with Gasteiger partial charge in [-0.2, -0.15) is 5.26 Å². The monoisotopic (exact) mass is 197 g/mol. The van der Waals surface area contributed by atoms with Gasteiger partial charge in [0.25, 0.3) is 0 Å². The van der Waals surface area contributed by atoms with Crippen LogP contribution in [0.25, 0.3) is 5.03 Å². The highest BCUT2D eigenvalue weighted by atomic mass is 35.5. The van der Waals surface area contributed by atoms with E-state index in [2.05, 4.69) is 0 Å². The molecule has 1 nitrogen and oxygen atoms in total. The molecule has 0 amide bonds. The molecule has 3 heteroatoms. The van der Waals surface area contributed by atoms with E-state index in [0.29, 0.717) is 10.6 Å². The highest BCUT2D eigenvalue weighted by Gasteiger charge is 2.06. The van der Waals surface area contributed by atoms with Crippen LogP contribution >= 0.6 is 22.9 Å². The van der Waals surface area contributed by atoms with Crippen LogP contribution in [-0.2, 0) is 0 Å². The van der Waals surface area contributed by atoms with Crippen molar-refractivity contribution in [1.82, 2.24) is 0 Å². The molecule has 0 unspecified atom stereocenters. The fourth-order valence-electron chi connectivity index (χ4n) is 0.817. The quantitative estimate of drug-likeness (QED) is 0.632. The third-order valence-corrected chi connectivity index (χ3v) is 3.18. The second kappa shape index (κ2) is 3.75. The van der Waals surface area contributed by atoms with E-state index in [1.165, 1.54) is 0 Å². The SMILES string of the molecule is C/C(C#N)=C(/Cl)c1sccc1C. The first kappa shape index (κ1) is 9.31. The van der Waals surface area contributed by atoms with Gasteiger partial charge in [0.05, 0.1) is 11.1 Å². The molecule has 0 atom stereocenters. The fraction of sp³-hybridized carbons (Fsp3) is 0.222. The van der Waals surface area contributed by atoms with Crippen LogP contribution in [-0.4, -0.2) is 0 Å². The number of hydrogen-bond donors (Lipinski definition) is 0. The summed E-state index contributed by atoms with van der Waals surface area (Å²) in [5, 5.41) is 11.2. The second-order valence-electron chi connectivity index (χ2n) is 2.48. The van der Waals surface area contributed by atoms with E-state index < -0.39 is 0 Å². The molecule has 0 aliphatic heterocycles. The lowest BCUT2D eigenvalue weighted by Gasteiger charge is -1.96. The van der Waals surface area contributed by atoms with Crippen molar-refractivity contribution in [2.75, 3.05) is 0 Å². The maximum atomic E-state index is 8.61. The van der Waals surface area contributed by atoms with Crippen LogP contribution in [0.5, 0.6) is 0 Å². The third kappa shape index (κ3) is 1.69. The number of allylic oxidation sites excluding steroid dienone is 1. The summed E-state index contributed by atoms with van der Waals surface area (Å²) in [4.78, 5) is 0.996. The summed E-state index contributed by atoms with van der Waals surface area (Å²) in [5.41, 5.74) is 1.70. The zero-order valence-corrected chi connectivity index (χ0v) is 8.46. The molecule has 1 rings (SSSR count). The van der Waals surface area contributed by atoms with Gasteiger partial charge in [-0.25, -0.2) is 0 Å². The average Bonchev–Trinajstić information content (AvgIpc) is 2.48. The number of halogens is 1. The number of aryl methyl sites for hydroxylation is 1. The Balaban J connectivity index is 3.18. The van der Waals surface area contributed by atoms with Crippen LogP contribution in [0, 0.1) is 18.3 Å². The van der Waals surface area contributed by atoms with Crippen LogP contribution in [0.15, 0.2) is 17.0 Å². The summed E-state index contributed by atoms with van der Waals surface area (Å²) in [6.07, 6.45) is 0. The van der Waals surface area contributed by atoms with Crippen molar-refractivity contribution in [3.63, 3.8) is 0 Å². The van der Waals surface area contributed by atoms with Gasteiger partial charge in [-0.1, -0.05) is 11.6 Å². The standard InChI is InChI=1S/C9H8ClNS/c1-6-3-4-12-9(6)8(10)7(2)5-11/h3-4H,1-2H3/b8-7-. The van der Waals surface area contributed by atoms with Crippen molar-refractivity contribution >= 4 is 28.0 Å². The Bertz CT molecular complexity index is 357. The summed E-state index contributed by atoms with van der Waals surface area (Å²) in [6.45, 7) is 3.71. The van der Waals surface area contributed by atoms with Crippen LogP contribution in [0.3, 0.4) is 0 Å². The molecular weight excluding hydrogens is 190 g/mol. The van der Waals surface area contributed by atoms with E-state index in [1.807, 2.05) is 24.4 Å². The molecule has 0 aromatic carbocycles. The normalized spacial score (nSPS) is 12.2. The molecule has 1 heterocycles. The Morgan fingerprint density at radius 1 is 1.67 bits per heavy atom. The minimum atomic E-state index is 0.571. The summed E-state index contributed by atoms with van der Waals surface area (Å²) in [6, 6.07) is 4.03. The van der Waals surface area contributed by atoms with E-state index in [1.54, 1.807) is 18.3 Å². The lowest BCUT2D eigenvalue weighted by atomic mass is 10.2. The molecule has 0 aliphatic rings. The molecule has 0 spiro atoms. The molecule has 1 aromatic heterocycles. The van der Waals surface area contributed by atoms with Crippen LogP contribution in [0.2, 0.25) is 0 Å². The van der Waals surface area contributed by atoms with E-state index in [0.717, 1.165) is 10.4 Å². The minimum Gasteiger partial charge on any atom is -0.193 e. The van der Waals surface area contributed by atoms with E-state index in [-0.39, 0.29) is 0 Å². The fourth-order valence-corrected chi connectivity index (χ4v) is 2.06. The van der Waals surface area contributed by atoms with Crippen LogP contribution < -0.4 is 0 Å². The van der Waals surface area contributed by atoms with Crippen molar-refractivity contribution in [3.05, 3.63) is 27.5 Å². The highest BCUT2D eigenvalue weighted by Crippen LogP contribution is 2.29. The number of nitriles is 1. The zero-order chi connectivity index (χ0) is 9.14. The zero-order valence-electron chi connectivity index (χ0n) is 6.89. The Hall–Kier alpha value is -0.780. The van der Waals surface area contributed by atoms with Crippen molar-refractivity contribution in [1.29, 1.82) is 5.26 Å². The molecule has 1 aromatic rings. The Kier molecular flexibility index (Phi) is 2.91. The average molecular weight is 198 g/mol. The topological polar surface area (TPSA) is 23.8 Å². The Morgan fingerprint density at radius 2 is 2.33 bits per heavy atom. The first-order valence-electron chi connectivity index (χ1n) is 3.47. The van der Waals surface area contributed by atoms with Gasteiger partial charge in [-0.15, -0.1) is 11.3 Å². The van der Waals surface area contributed by atoms with Gasteiger partial charge < -0.3 is 0 Å². The molecule has 0 bridgehead atoms. The molecule has 12 heavy (non-hydrogen) atoms. The lowest BCUT2D eigenvalue weighted by molar-refractivity contribution is 1.45. The van der Waals surface area contributed by atoms with E-state index in [4.69, 9.17) is 16.9 Å². The van der Waals surface area contributed by atoms with Gasteiger partial charge in [0.15, 0.2) is 0 Å². The van der Waals surface area contributed by atoms with Crippen molar-refractivity contribution in [2.24, 2.45) is 0 Å².